The lowest BCUT2D eigenvalue weighted by molar-refractivity contribution is -0.118. The molecule has 1 amide bonds. The monoisotopic (exact) mass is 515 g/mol. The van der Waals surface area contributed by atoms with Crippen LogP contribution in [0.1, 0.15) is 29.5 Å². The summed E-state index contributed by atoms with van der Waals surface area (Å²) in [4.78, 5) is 22.4. The summed E-state index contributed by atoms with van der Waals surface area (Å²) in [6.45, 7) is 10.6. The first-order valence-corrected chi connectivity index (χ1v) is 14.5. The molecule has 0 radical (unpaired) electrons. The molecule has 188 valence electrons. The van der Waals surface area contributed by atoms with Gasteiger partial charge in [0.15, 0.2) is 15.0 Å². The molecular formula is C26H33N3O4S2. The van der Waals surface area contributed by atoms with Crippen LogP contribution in [0.25, 0.3) is 10.2 Å². The largest absolute Gasteiger partial charge is 0.379 e. The van der Waals surface area contributed by atoms with Gasteiger partial charge >= 0.3 is 0 Å². The minimum absolute atomic E-state index is 0.0816. The number of rotatable bonds is 9. The Morgan fingerprint density at radius 1 is 1.09 bits per heavy atom. The summed E-state index contributed by atoms with van der Waals surface area (Å²) in [5.41, 5.74) is 4.12. The van der Waals surface area contributed by atoms with Crippen LogP contribution in [0, 0.1) is 20.8 Å². The van der Waals surface area contributed by atoms with Crippen molar-refractivity contribution in [2.75, 3.05) is 50.0 Å². The number of hydrogen-bond donors (Lipinski definition) is 0. The number of thiazole rings is 1. The zero-order valence-corrected chi connectivity index (χ0v) is 22.3. The molecular weight excluding hydrogens is 482 g/mol. The van der Waals surface area contributed by atoms with Crippen LogP contribution in [0.15, 0.2) is 41.3 Å². The lowest BCUT2D eigenvalue weighted by Gasteiger charge is -2.27. The molecule has 1 fully saturated rings. The third kappa shape index (κ3) is 6.46. The van der Waals surface area contributed by atoms with E-state index in [-0.39, 0.29) is 23.0 Å². The number of hydrogen-bond acceptors (Lipinski definition) is 7. The Morgan fingerprint density at radius 3 is 2.51 bits per heavy atom. The molecule has 1 saturated heterocycles. The van der Waals surface area contributed by atoms with E-state index in [1.54, 1.807) is 29.2 Å². The van der Waals surface area contributed by atoms with E-state index in [4.69, 9.17) is 9.72 Å². The molecule has 0 bridgehead atoms. The van der Waals surface area contributed by atoms with Gasteiger partial charge in [0.1, 0.15) is 0 Å². The first-order valence-electron chi connectivity index (χ1n) is 12.0. The highest BCUT2D eigenvalue weighted by atomic mass is 32.2. The quantitative estimate of drug-likeness (QED) is 0.426. The van der Waals surface area contributed by atoms with Crippen LogP contribution in [-0.4, -0.2) is 69.4 Å². The van der Waals surface area contributed by atoms with E-state index in [1.807, 2.05) is 20.8 Å². The second-order valence-corrected chi connectivity index (χ2v) is 12.3. The number of benzene rings is 2. The number of morpholine rings is 1. The lowest BCUT2D eigenvalue weighted by Crippen LogP contribution is -2.39. The number of carbonyl (C=O) groups is 1. The average molecular weight is 516 g/mol. The van der Waals surface area contributed by atoms with E-state index in [9.17, 15) is 13.2 Å². The summed E-state index contributed by atoms with van der Waals surface area (Å²) < 4.78 is 32.2. The fourth-order valence-electron chi connectivity index (χ4n) is 4.30. The summed E-state index contributed by atoms with van der Waals surface area (Å²) in [6.07, 6.45) is 0.700. The van der Waals surface area contributed by atoms with Crippen LogP contribution in [0.3, 0.4) is 0 Å². The van der Waals surface area contributed by atoms with E-state index in [1.165, 1.54) is 11.3 Å². The second-order valence-electron chi connectivity index (χ2n) is 9.16. The SMILES string of the molecule is Cc1ccc(S(=O)(=O)CCC(=O)N(CCCN2CCOCC2)c2nc3c(C)cc(C)cc3s2)cc1. The van der Waals surface area contributed by atoms with E-state index < -0.39 is 9.84 Å². The molecule has 1 aliphatic heterocycles. The standard InChI is InChI=1S/C26H33N3O4S2/c1-19-5-7-22(8-6-19)35(31,32)16-9-24(30)29(11-4-10-28-12-14-33-15-13-28)26-27-25-21(3)17-20(2)18-23(25)34-26/h5-8,17-18H,4,9-16H2,1-3H3. The number of anilines is 1. The molecule has 0 saturated carbocycles. The minimum atomic E-state index is -3.55. The highest BCUT2D eigenvalue weighted by molar-refractivity contribution is 7.91. The second kappa shape index (κ2) is 11.2. The first kappa shape index (κ1) is 25.8. The third-order valence-electron chi connectivity index (χ3n) is 6.28. The van der Waals surface area contributed by atoms with Gasteiger partial charge in [0.2, 0.25) is 5.91 Å². The molecule has 3 aromatic rings. The molecule has 1 aliphatic rings. The predicted molar refractivity (Wildman–Crippen MR) is 141 cm³/mol. The minimum Gasteiger partial charge on any atom is -0.379 e. The molecule has 0 N–H and O–H groups in total. The van der Waals surface area contributed by atoms with Gasteiger partial charge in [-0.05, 0) is 56.5 Å². The van der Waals surface area contributed by atoms with Gasteiger partial charge < -0.3 is 4.74 Å². The molecule has 0 aliphatic carbocycles. The smallest absolute Gasteiger partial charge is 0.229 e. The van der Waals surface area contributed by atoms with Gasteiger partial charge in [0, 0.05) is 32.6 Å². The molecule has 0 spiro atoms. The van der Waals surface area contributed by atoms with Crippen LogP contribution in [0.5, 0.6) is 0 Å². The summed E-state index contributed by atoms with van der Waals surface area (Å²) in [5, 5.41) is 0.633. The Hall–Kier alpha value is -2.33. The van der Waals surface area contributed by atoms with Crippen molar-refractivity contribution in [2.45, 2.75) is 38.5 Å². The number of sulfone groups is 1. The maximum absolute atomic E-state index is 13.4. The van der Waals surface area contributed by atoms with Gasteiger partial charge in [-0.15, -0.1) is 0 Å². The Bertz CT molecular complexity index is 1280. The molecule has 0 atom stereocenters. The summed E-state index contributed by atoms with van der Waals surface area (Å²) in [7, 11) is -3.55. The molecule has 2 aromatic carbocycles. The third-order valence-corrected chi connectivity index (χ3v) is 9.03. The number of aromatic nitrogens is 1. The Kier molecular flexibility index (Phi) is 8.21. The fraction of sp³-hybridized carbons (Fsp3) is 0.462. The number of carbonyl (C=O) groups excluding carboxylic acids is 1. The van der Waals surface area contributed by atoms with Gasteiger partial charge in [-0.3, -0.25) is 14.6 Å². The van der Waals surface area contributed by atoms with Crippen molar-refractivity contribution in [1.29, 1.82) is 0 Å². The zero-order chi connectivity index (χ0) is 25.0. The van der Waals surface area contributed by atoms with Gasteiger partial charge in [0.25, 0.3) is 0 Å². The Labute approximate surface area is 211 Å². The maximum Gasteiger partial charge on any atom is 0.229 e. The van der Waals surface area contributed by atoms with E-state index in [0.29, 0.717) is 11.7 Å². The highest BCUT2D eigenvalue weighted by Gasteiger charge is 2.24. The van der Waals surface area contributed by atoms with Crippen molar-refractivity contribution < 1.29 is 17.9 Å². The molecule has 2 heterocycles. The van der Waals surface area contributed by atoms with Gasteiger partial charge in [-0.2, -0.15) is 0 Å². The lowest BCUT2D eigenvalue weighted by atomic mass is 10.1. The Morgan fingerprint density at radius 2 is 1.80 bits per heavy atom. The molecule has 4 rings (SSSR count). The van der Waals surface area contributed by atoms with Crippen LogP contribution in [0.4, 0.5) is 5.13 Å². The van der Waals surface area contributed by atoms with Crippen molar-refractivity contribution in [2.24, 2.45) is 0 Å². The Balaban J connectivity index is 1.51. The van der Waals surface area contributed by atoms with E-state index in [0.717, 1.165) is 66.2 Å². The molecule has 1 aromatic heterocycles. The van der Waals surface area contributed by atoms with Gasteiger partial charge in [-0.25, -0.2) is 13.4 Å². The number of fused-ring (bicyclic) bond motifs is 1. The van der Waals surface area contributed by atoms with Crippen molar-refractivity contribution >= 4 is 42.4 Å². The number of ether oxygens (including phenoxy) is 1. The van der Waals surface area contributed by atoms with Crippen LogP contribution in [0.2, 0.25) is 0 Å². The molecule has 35 heavy (non-hydrogen) atoms. The highest BCUT2D eigenvalue weighted by Crippen LogP contribution is 2.32. The number of aryl methyl sites for hydroxylation is 3. The fourth-order valence-corrected chi connectivity index (χ4v) is 6.71. The number of nitrogens with zero attached hydrogens (tertiary/aromatic N) is 3. The van der Waals surface area contributed by atoms with Crippen LogP contribution >= 0.6 is 11.3 Å². The van der Waals surface area contributed by atoms with Crippen molar-refractivity contribution in [1.82, 2.24) is 9.88 Å². The molecule has 7 nitrogen and oxygen atoms in total. The number of amides is 1. The average Bonchev–Trinajstić information content (AvgIpc) is 3.25. The summed E-state index contributed by atoms with van der Waals surface area (Å²) in [6, 6.07) is 10.9. The topological polar surface area (TPSA) is 79.8 Å². The summed E-state index contributed by atoms with van der Waals surface area (Å²) in [5.74, 6) is -0.436. The van der Waals surface area contributed by atoms with Crippen molar-refractivity contribution in [3.63, 3.8) is 0 Å². The van der Waals surface area contributed by atoms with E-state index >= 15 is 0 Å². The predicted octanol–water partition coefficient (Wildman–Crippen LogP) is 4.14. The van der Waals surface area contributed by atoms with Crippen LogP contribution in [-0.2, 0) is 19.4 Å². The van der Waals surface area contributed by atoms with Gasteiger partial charge in [-0.1, -0.05) is 35.1 Å². The van der Waals surface area contributed by atoms with Crippen molar-refractivity contribution in [3.05, 3.63) is 53.1 Å². The van der Waals surface area contributed by atoms with Gasteiger partial charge in [0.05, 0.1) is 34.1 Å². The van der Waals surface area contributed by atoms with Crippen LogP contribution < -0.4 is 4.90 Å². The summed E-state index contributed by atoms with van der Waals surface area (Å²) >= 11 is 1.49. The maximum atomic E-state index is 13.4. The van der Waals surface area contributed by atoms with E-state index in [2.05, 4.69) is 17.0 Å². The first-order chi connectivity index (χ1) is 16.7. The molecule has 9 heteroatoms. The zero-order valence-electron chi connectivity index (χ0n) is 20.6. The molecule has 0 unspecified atom stereocenters. The normalized spacial score (nSPS) is 14.9. The van der Waals surface area contributed by atoms with Crippen molar-refractivity contribution in [3.8, 4) is 0 Å².